The fraction of sp³-hybridized carbons (Fsp3) is 0.929. The number of amides is 1. The van der Waals surface area contributed by atoms with Gasteiger partial charge in [-0.1, -0.05) is 34.1 Å². The quantitative estimate of drug-likeness (QED) is 0.740. The number of hydrogen-bond donors (Lipinski definition) is 1. The summed E-state index contributed by atoms with van der Waals surface area (Å²) in [4.78, 5) is 13.9. The van der Waals surface area contributed by atoms with Gasteiger partial charge in [0.1, 0.15) is 0 Å². The molecule has 100 valence electrons. The molecule has 2 atom stereocenters. The lowest BCUT2D eigenvalue weighted by Crippen LogP contribution is -2.45. The van der Waals surface area contributed by atoms with E-state index in [1.165, 1.54) is 0 Å². The van der Waals surface area contributed by atoms with Crippen LogP contribution in [-0.2, 0) is 4.79 Å². The van der Waals surface area contributed by atoms with Gasteiger partial charge in [-0.25, -0.2) is 0 Å². The van der Waals surface area contributed by atoms with Crippen LogP contribution in [0.4, 0.5) is 0 Å². The van der Waals surface area contributed by atoms with Gasteiger partial charge in [0.15, 0.2) is 0 Å². The Bertz CT molecular complexity index is 240. The standard InChI is InChI=1S/C14H28N2O/c1-5-7-15-13(11(3)4)10-16-9-12(6-2)8-14(16)17/h11-13,15H,5-10H2,1-4H3. The average molecular weight is 240 g/mol. The number of rotatable bonds is 7. The highest BCUT2D eigenvalue weighted by molar-refractivity contribution is 5.78. The monoisotopic (exact) mass is 240 g/mol. The maximum absolute atomic E-state index is 11.9. The van der Waals surface area contributed by atoms with Gasteiger partial charge in [-0.2, -0.15) is 0 Å². The van der Waals surface area contributed by atoms with Crippen molar-refractivity contribution >= 4 is 5.91 Å². The van der Waals surface area contributed by atoms with Gasteiger partial charge < -0.3 is 10.2 Å². The summed E-state index contributed by atoms with van der Waals surface area (Å²) in [5, 5.41) is 3.56. The van der Waals surface area contributed by atoms with E-state index in [9.17, 15) is 4.79 Å². The van der Waals surface area contributed by atoms with E-state index in [0.717, 1.165) is 38.9 Å². The van der Waals surface area contributed by atoms with Crippen LogP contribution in [0.2, 0.25) is 0 Å². The molecular weight excluding hydrogens is 212 g/mol. The smallest absolute Gasteiger partial charge is 0.222 e. The Morgan fingerprint density at radius 2 is 2.12 bits per heavy atom. The molecule has 1 aliphatic heterocycles. The fourth-order valence-electron chi connectivity index (χ4n) is 2.38. The normalized spacial score (nSPS) is 22.5. The zero-order valence-electron chi connectivity index (χ0n) is 11.8. The third-order valence-corrected chi connectivity index (χ3v) is 3.75. The van der Waals surface area contributed by atoms with Crippen molar-refractivity contribution in [3.63, 3.8) is 0 Å². The molecule has 0 aromatic rings. The molecule has 1 heterocycles. The van der Waals surface area contributed by atoms with Crippen LogP contribution in [0.1, 0.15) is 47.0 Å². The first-order chi connectivity index (χ1) is 8.08. The molecule has 1 rings (SSSR count). The second-order valence-corrected chi connectivity index (χ2v) is 5.58. The lowest BCUT2D eigenvalue weighted by Gasteiger charge is -2.28. The van der Waals surface area contributed by atoms with Crippen LogP contribution in [0.5, 0.6) is 0 Å². The van der Waals surface area contributed by atoms with E-state index >= 15 is 0 Å². The summed E-state index contributed by atoms with van der Waals surface area (Å²) < 4.78 is 0. The molecule has 0 aromatic heterocycles. The maximum Gasteiger partial charge on any atom is 0.222 e. The summed E-state index contributed by atoms with van der Waals surface area (Å²) in [5.74, 6) is 1.51. The van der Waals surface area contributed by atoms with Crippen molar-refractivity contribution in [2.75, 3.05) is 19.6 Å². The highest BCUT2D eigenvalue weighted by Crippen LogP contribution is 2.21. The van der Waals surface area contributed by atoms with E-state index < -0.39 is 0 Å². The predicted molar refractivity (Wildman–Crippen MR) is 71.9 cm³/mol. The zero-order valence-corrected chi connectivity index (χ0v) is 11.8. The largest absolute Gasteiger partial charge is 0.341 e. The molecule has 3 heteroatoms. The van der Waals surface area contributed by atoms with Gasteiger partial charge in [-0.3, -0.25) is 4.79 Å². The van der Waals surface area contributed by atoms with Gasteiger partial charge >= 0.3 is 0 Å². The highest BCUT2D eigenvalue weighted by Gasteiger charge is 2.30. The zero-order chi connectivity index (χ0) is 12.8. The lowest BCUT2D eigenvalue weighted by atomic mass is 10.0. The first-order valence-corrected chi connectivity index (χ1v) is 7.09. The SMILES string of the molecule is CCCNC(CN1CC(CC)CC1=O)C(C)C. The topological polar surface area (TPSA) is 32.3 Å². The molecule has 17 heavy (non-hydrogen) atoms. The second kappa shape index (κ2) is 7.00. The number of carbonyl (C=O) groups excluding carboxylic acids is 1. The molecule has 0 saturated carbocycles. The maximum atomic E-state index is 11.9. The van der Waals surface area contributed by atoms with Gasteiger partial charge in [0.25, 0.3) is 0 Å². The van der Waals surface area contributed by atoms with Crippen LogP contribution < -0.4 is 5.32 Å². The first kappa shape index (κ1) is 14.5. The van der Waals surface area contributed by atoms with Crippen LogP contribution in [-0.4, -0.2) is 36.5 Å². The number of likely N-dealkylation sites (tertiary alicyclic amines) is 1. The number of nitrogens with one attached hydrogen (secondary N) is 1. The molecule has 0 spiro atoms. The summed E-state index contributed by atoms with van der Waals surface area (Å²) in [6.45, 7) is 11.7. The van der Waals surface area contributed by atoms with E-state index in [1.807, 2.05) is 0 Å². The van der Waals surface area contributed by atoms with Gasteiger partial charge in [0.2, 0.25) is 5.91 Å². The van der Waals surface area contributed by atoms with E-state index in [-0.39, 0.29) is 0 Å². The van der Waals surface area contributed by atoms with Crippen molar-refractivity contribution in [2.24, 2.45) is 11.8 Å². The van der Waals surface area contributed by atoms with Crippen molar-refractivity contribution in [2.45, 2.75) is 53.0 Å². The van der Waals surface area contributed by atoms with Crippen molar-refractivity contribution in [3.05, 3.63) is 0 Å². The van der Waals surface area contributed by atoms with E-state index in [0.29, 0.717) is 23.8 Å². The average Bonchev–Trinajstić information content (AvgIpc) is 2.65. The molecule has 1 fully saturated rings. The third kappa shape index (κ3) is 4.30. The van der Waals surface area contributed by atoms with Crippen LogP contribution in [0, 0.1) is 11.8 Å². The van der Waals surface area contributed by atoms with Gasteiger partial charge in [0.05, 0.1) is 0 Å². The molecular formula is C14H28N2O. The Kier molecular flexibility index (Phi) is 5.96. The molecule has 0 radical (unpaired) electrons. The predicted octanol–water partition coefficient (Wildman–Crippen LogP) is 2.27. The van der Waals surface area contributed by atoms with Gasteiger partial charge in [-0.15, -0.1) is 0 Å². The molecule has 1 amide bonds. The van der Waals surface area contributed by atoms with E-state index in [4.69, 9.17) is 0 Å². The molecule has 0 aliphatic carbocycles. The first-order valence-electron chi connectivity index (χ1n) is 7.09. The summed E-state index contributed by atoms with van der Waals surface area (Å²) in [6, 6.07) is 0.439. The number of carbonyl (C=O) groups is 1. The molecule has 1 aliphatic rings. The minimum absolute atomic E-state index is 0.348. The van der Waals surface area contributed by atoms with Crippen LogP contribution in [0.3, 0.4) is 0 Å². The molecule has 1 saturated heterocycles. The van der Waals surface area contributed by atoms with Crippen LogP contribution in [0.25, 0.3) is 0 Å². The molecule has 0 bridgehead atoms. The Hall–Kier alpha value is -0.570. The van der Waals surface area contributed by atoms with Crippen molar-refractivity contribution < 1.29 is 4.79 Å². The Morgan fingerprint density at radius 1 is 1.41 bits per heavy atom. The van der Waals surface area contributed by atoms with Gasteiger partial charge in [-0.05, 0) is 24.8 Å². The van der Waals surface area contributed by atoms with Crippen LogP contribution >= 0.6 is 0 Å². The summed E-state index contributed by atoms with van der Waals surface area (Å²) in [6.07, 6.45) is 3.03. The molecule has 0 aromatic carbocycles. The van der Waals surface area contributed by atoms with Crippen molar-refractivity contribution in [1.29, 1.82) is 0 Å². The number of nitrogens with zero attached hydrogens (tertiary/aromatic N) is 1. The Labute approximate surface area is 106 Å². The summed E-state index contributed by atoms with van der Waals surface area (Å²) in [5.41, 5.74) is 0. The molecule has 3 nitrogen and oxygen atoms in total. The minimum atomic E-state index is 0.348. The highest BCUT2D eigenvalue weighted by atomic mass is 16.2. The van der Waals surface area contributed by atoms with Crippen molar-refractivity contribution in [1.82, 2.24) is 10.2 Å². The summed E-state index contributed by atoms with van der Waals surface area (Å²) >= 11 is 0. The van der Waals surface area contributed by atoms with E-state index in [1.54, 1.807) is 0 Å². The van der Waals surface area contributed by atoms with Gasteiger partial charge in [0, 0.05) is 25.6 Å². The summed E-state index contributed by atoms with van der Waals surface area (Å²) in [7, 11) is 0. The van der Waals surface area contributed by atoms with Crippen molar-refractivity contribution in [3.8, 4) is 0 Å². The third-order valence-electron chi connectivity index (χ3n) is 3.75. The van der Waals surface area contributed by atoms with Crippen LogP contribution in [0.15, 0.2) is 0 Å². The molecule has 1 N–H and O–H groups in total. The lowest BCUT2D eigenvalue weighted by molar-refractivity contribution is -0.128. The second-order valence-electron chi connectivity index (χ2n) is 5.58. The van der Waals surface area contributed by atoms with E-state index in [2.05, 4.69) is 37.9 Å². The number of hydrogen-bond acceptors (Lipinski definition) is 2. The Morgan fingerprint density at radius 3 is 2.59 bits per heavy atom. The molecule has 2 unspecified atom stereocenters. The Balaban J connectivity index is 2.46. The minimum Gasteiger partial charge on any atom is -0.341 e. The fourth-order valence-corrected chi connectivity index (χ4v) is 2.38.